The predicted molar refractivity (Wildman–Crippen MR) is 82.4 cm³/mol. The summed E-state index contributed by atoms with van der Waals surface area (Å²) in [5.41, 5.74) is 2.70. The Morgan fingerprint density at radius 3 is 2.45 bits per heavy atom. The molecule has 0 fully saturated rings. The number of nitro groups is 1. The summed E-state index contributed by atoms with van der Waals surface area (Å²) in [5, 5.41) is 31.8. The Hall–Kier alpha value is -2.91. The average Bonchev–Trinajstić information content (AvgIpc) is 2.55. The molecule has 0 saturated carbocycles. The fraction of sp³-hybridized carbons (Fsp3) is 0.188. The van der Waals surface area contributed by atoms with Crippen LogP contribution in [0.1, 0.15) is 16.7 Å². The molecule has 0 aliphatic carbocycles. The molecule has 0 bridgehead atoms. The molecule has 22 heavy (non-hydrogen) atoms. The number of hydrogen-bond donors (Lipinski definition) is 2. The van der Waals surface area contributed by atoms with E-state index in [2.05, 4.69) is 5.32 Å². The smallest absolute Gasteiger partial charge is 0.270 e. The molecular weight excluding hydrogens is 282 g/mol. The van der Waals surface area contributed by atoms with Crippen LogP contribution in [0.5, 0.6) is 0 Å². The molecular formula is C16H15N3O3. The highest BCUT2D eigenvalue weighted by molar-refractivity contribution is 5.61. The van der Waals surface area contributed by atoms with Crippen LogP contribution in [-0.2, 0) is 13.0 Å². The Kier molecular flexibility index (Phi) is 5.07. The van der Waals surface area contributed by atoms with Crippen molar-refractivity contribution < 1.29 is 10.0 Å². The van der Waals surface area contributed by atoms with Crippen LogP contribution in [0.2, 0.25) is 0 Å². The molecule has 2 rings (SSSR count). The molecule has 112 valence electrons. The number of nitrogens with one attached hydrogen (secondary N) is 1. The molecule has 2 aromatic rings. The van der Waals surface area contributed by atoms with E-state index in [0.717, 1.165) is 17.5 Å². The van der Waals surface area contributed by atoms with Crippen LogP contribution in [0.25, 0.3) is 0 Å². The van der Waals surface area contributed by atoms with Gasteiger partial charge >= 0.3 is 0 Å². The molecule has 6 nitrogen and oxygen atoms in total. The van der Waals surface area contributed by atoms with Crippen molar-refractivity contribution >= 4 is 11.4 Å². The summed E-state index contributed by atoms with van der Waals surface area (Å²) in [5.74, 6) is 0. The van der Waals surface area contributed by atoms with E-state index in [4.69, 9.17) is 10.4 Å². The molecule has 0 atom stereocenters. The van der Waals surface area contributed by atoms with E-state index < -0.39 is 4.92 Å². The lowest BCUT2D eigenvalue weighted by Crippen LogP contribution is -2.06. The number of aliphatic hydroxyl groups is 1. The lowest BCUT2D eigenvalue weighted by molar-refractivity contribution is -0.384. The van der Waals surface area contributed by atoms with E-state index in [9.17, 15) is 10.1 Å². The third kappa shape index (κ3) is 3.81. The fourth-order valence-corrected chi connectivity index (χ4v) is 2.05. The van der Waals surface area contributed by atoms with Crippen LogP contribution >= 0.6 is 0 Å². The molecule has 0 amide bonds. The van der Waals surface area contributed by atoms with E-state index in [1.54, 1.807) is 6.07 Å². The lowest BCUT2D eigenvalue weighted by Gasteiger charge is -2.08. The van der Waals surface area contributed by atoms with Gasteiger partial charge in [0.05, 0.1) is 22.8 Å². The summed E-state index contributed by atoms with van der Waals surface area (Å²) in [6.45, 7) is 0.623. The van der Waals surface area contributed by atoms with Gasteiger partial charge in [0, 0.05) is 18.7 Å². The summed E-state index contributed by atoms with van der Waals surface area (Å²) in [7, 11) is 0. The van der Waals surface area contributed by atoms with Gasteiger partial charge in [0.2, 0.25) is 0 Å². The third-order valence-corrected chi connectivity index (χ3v) is 3.27. The van der Waals surface area contributed by atoms with E-state index >= 15 is 0 Å². The number of nitrogens with zero attached hydrogens (tertiary/aromatic N) is 2. The summed E-state index contributed by atoms with van der Waals surface area (Å²) in [6.07, 6.45) is 0.744. The van der Waals surface area contributed by atoms with Crippen molar-refractivity contribution in [3.8, 4) is 6.07 Å². The first-order valence-corrected chi connectivity index (χ1v) is 6.75. The molecule has 0 aliphatic rings. The minimum atomic E-state index is -0.521. The summed E-state index contributed by atoms with van der Waals surface area (Å²) in [4.78, 5) is 10.2. The van der Waals surface area contributed by atoms with Crippen LogP contribution in [0.15, 0.2) is 42.5 Å². The third-order valence-electron chi connectivity index (χ3n) is 3.27. The summed E-state index contributed by atoms with van der Waals surface area (Å²) < 4.78 is 0. The maximum atomic E-state index is 10.7. The van der Waals surface area contributed by atoms with Gasteiger partial charge < -0.3 is 10.4 Å². The van der Waals surface area contributed by atoms with Crippen molar-refractivity contribution in [2.75, 3.05) is 11.9 Å². The molecule has 0 unspecified atom stereocenters. The van der Waals surface area contributed by atoms with Crippen molar-refractivity contribution in [1.29, 1.82) is 5.26 Å². The number of nitriles is 1. The van der Waals surface area contributed by atoms with Crippen molar-refractivity contribution in [2.24, 2.45) is 0 Å². The van der Waals surface area contributed by atoms with Gasteiger partial charge in [-0.1, -0.05) is 24.3 Å². The second-order valence-corrected chi connectivity index (χ2v) is 4.75. The number of non-ortho nitro benzene ring substituents is 1. The Morgan fingerprint density at radius 2 is 1.86 bits per heavy atom. The van der Waals surface area contributed by atoms with Crippen molar-refractivity contribution in [2.45, 2.75) is 13.0 Å². The largest absolute Gasteiger partial charge is 0.392 e. The maximum absolute atomic E-state index is 10.7. The minimum Gasteiger partial charge on any atom is -0.392 e. The zero-order valence-corrected chi connectivity index (χ0v) is 11.8. The number of anilines is 1. The van der Waals surface area contributed by atoms with Gasteiger partial charge in [0.25, 0.3) is 5.69 Å². The number of aliphatic hydroxyl groups excluding tert-OH is 1. The van der Waals surface area contributed by atoms with Gasteiger partial charge in [-0.3, -0.25) is 10.1 Å². The topological polar surface area (TPSA) is 99.2 Å². The summed E-state index contributed by atoms with van der Waals surface area (Å²) in [6, 6.07) is 13.7. The normalized spacial score (nSPS) is 10.0. The molecule has 0 aliphatic heterocycles. The number of hydrogen-bond acceptors (Lipinski definition) is 5. The average molecular weight is 297 g/mol. The van der Waals surface area contributed by atoms with Gasteiger partial charge in [-0.2, -0.15) is 5.26 Å². The van der Waals surface area contributed by atoms with E-state index in [1.165, 1.54) is 12.1 Å². The van der Waals surface area contributed by atoms with Gasteiger partial charge in [-0.05, 0) is 23.6 Å². The van der Waals surface area contributed by atoms with Gasteiger partial charge in [-0.15, -0.1) is 0 Å². The van der Waals surface area contributed by atoms with Gasteiger partial charge in [-0.25, -0.2) is 0 Å². The second-order valence-electron chi connectivity index (χ2n) is 4.75. The van der Waals surface area contributed by atoms with Crippen LogP contribution < -0.4 is 5.32 Å². The first-order chi connectivity index (χ1) is 10.6. The van der Waals surface area contributed by atoms with E-state index in [1.807, 2.05) is 30.3 Å². The standard InChI is InChI=1S/C16H15N3O3/c17-10-14-9-15(19(21)22)5-6-16(14)18-8-7-12-1-3-13(11-20)4-2-12/h1-6,9,18,20H,7-8,11H2. The fourth-order valence-electron chi connectivity index (χ4n) is 2.05. The number of nitro benzene ring substituents is 1. The van der Waals surface area contributed by atoms with Crippen LogP contribution in [0, 0.1) is 21.4 Å². The molecule has 0 aromatic heterocycles. The number of rotatable bonds is 6. The first-order valence-electron chi connectivity index (χ1n) is 6.75. The lowest BCUT2D eigenvalue weighted by atomic mass is 10.1. The Bertz CT molecular complexity index is 706. The molecule has 0 radical (unpaired) electrons. The maximum Gasteiger partial charge on any atom is 0.270 e. The molecule has 2 aromatic carbocycles. The quantitative estimate of drug-likeness (QED) is 0.630. The van der Waals surface area contributed by atoms with E-state index in [-0.39, 0.29) is 17.9 Å². The molecule has 0 heterocycles. The minimum absolute atomic E-state index is 0.0207. The highest BCUT2D eigenvalue weighted by Crippen LogP contribution is 2.21. The van der Waals surface area contributed by atoms with Crippen molar-refractivity contribution in [3.63, 3.8) is 0 Å². The molecule has 0 spiro atoms. The van der Waals surface area contributed by atoms with Crippen molar-refractivity contribution in [1.82, 2.24) is 0 Å². The number of benzene rings is 2. The van der Waals surface area contributed by atoms with Gasteiger partial charge in [0.1, 0.15) is 6.07 Å². The predicted octanol–water partition coefficient (Wildman–Crippen LogP) is 2.61. The Balaban J connectivity index is 1.99. The van der Waals surface area contributed by atoms with Gasteiger partial charge in [0.15, 0.2) is 0 Å². The van der Waals surface area contributed by atoms with Crippen LogP contribution in [0.4, 0.5) is 11.4 Å². The second kappa shape index (κ2) is 7.20. The van der Waals surface area contributed by atoms with Crippen LogP contribution in [-0.4, -0.2) is 16.6 Å². The first kappa shape index (κ1) is 15.5. The van der Waals surface area contributed by atoms with Crippen molar-refractivity contribution in [3.05, 3.63) is 69.3 Å². The molecule has 0 saturated heterocycles. The Morgan fingerprint density at radius 1 is 1.18 bits per heavy atom. The highest BCUT2D eigenvalue weighted by Gasteiger charge is 2.10. The molecule has 2 N–H and O–H groups in total. The monoisotopic (exact) mass is 297 g/mol. The Labute approximate surface area is 127 Å². The van der Waals surface area contributed by atoms with Crippen LogP contribution in [0.3, 0.4) is 0 Å². The van der Waals surface area contributed by atoms with E-state index in [0.29, 0.717) is 12.2 Å². The molecule has 6 heteroatoms. The zero-order valence-electron chi connectivity index (χ0n) is 11.8. The highest BCUT2D eigenvalue weighted by atomic mass is 16.6. The summed E-state index contributed by atoms with van der Waals surface area (Å²) >= 11 is 0. The SMILES string of the molecule is N#Cc1cc([N+](=O)[O-])ccc1NCCc1ccc(CO)cc1. The zero-order chi connectivity index (χ0) is 15.9.